The summed E-state index contributed by atoms with van der Waals surface area (Å²) in [6.07, 6.45) is 1.67. The summed E-state index contributed by atoms with van der Waals surface area (Å²) in [5, 5.41) is 15.7. The van der Waals surface area contributed by atoms with Crippen molar-refractivity contribution in [3.63, 3.8) is 0 Å². The number of carboxylic acids is 1. The van der Waals surface area contributed by atoms with Crippen LogP contribution in [0.1, 0.15) is 6.92 Å². The maximum atomic E-state index is 13.1. The molecule has 0 fully saturated rings. The standard InChI is InChI=1S/C22H18FN3O4S2/c1-13(32-17-4-2-3-16(11-17)24-19(27)9-10-20(28)29)21(30)26-22-25-18(12-31-22)14-5-7-15(23)8-6-14/h2-13H,1H3,(H,24,27)(H,28,29)(H,25,26,30)/b10-9+. The van der Waals surface area contributed by atoms with Crippen molar-refractivity contribution in [2.24, 2.45) is 0 Å². The lowest BCUT2D eigenvalue weighted by Gasteiger charge is -2.11. The quantitative estimate of drug-likeness (QED) is 0.326. The molecule has 0 aliphatic rings. The van der Waals surface area contributed by atoms with Crippen LogP contribution in [0.15, 0.2) is 71.0 Å². The van der Waals surface area contributed by atoms with Gasteiger partial charge in [0.15, 0.2) is 5.13 Å². The van der Waals surface area contributed by atoms with Crippen molar-refractivity contribution in [2.45, 2.75) is 17.1 Å². The van der Waals surface area contributed by atoms with Crippen LogP contribution >= 0.6 is 23.1 Å². The van der Waals surface area contributed by atoms with Gasteiger partial charge in [0.05, 0.1) is 10.9 Å². The minimum Gasteiger partial charge on any atom is -0.478 e. The molecule has 164 valence electrons. The molecule has 1 unspecified atom stereocenters. The van der Waals surface area contributed by atoms with E-state index in [0.717, 1.165) is 22.6 Å². The molecule has 0 aliphatic carbocycles. The molecule has 0 spiro atoms. The Morgan fingerprint density at radius 3 is 2.59 bits per heavy atom. The third-order valence-electron chi connectivity index (χ3n) is 4.04. The van der Waals surface area contributed by atoms with Gasteiger partial charge in [0.2, 0.25) is 11.8 Å². The molecular weight excluding hydrogens is 453 g/mol. The van der Waals surface area contributed by atoms with Crippen LogP contribution in [0.4, 0.5) is 15.2 Å². The number of thiazole rings is 1. The van der Waals surface area contributed by atoms with Crippen LogP contribution in [0.5, 0.6) is 0 Å². The van der Waals surface area contributed by atoms with Crippen LogP contribution in [0, 0.1) is 5.82 Å². The summed E-state index contributed by atoms with van der Waals surface area (Å²) in [5.41, 5.74) is 1.88. The van der Waals surface area contributed by atoms with Crippen molar-refractivity contribution in [3.05, 3.63) is 71.9 Å². The summed E-state index contributed by atoms with van der Waals surface area (Å²) < 4.78 is 13.1. The molecule has 0 saturated carbocycles. The Bertz CT molecular complexity index is 1160. The molecule has 3 rings (SSSR count). The van der Waals surface area contributed by atoms with E-state index in [1.807, 2.05) is 0 Å². The zero-order valence-electron chi connectivity index (χ0n) is 16.7. The highest BCUT2D eigenvalue weighted by molar-refractivity contribution is 8.00. The van der Waals surface area contributed by atoms with E-state index in [9.17, 15) is 18.8 Å². The number of amides is 2. The van der Waals surface area contributed by atoms with E-state index in [-0.39, 0.29) is 11.7 Å². The number of hydrogen-bond donors (Lipinski definition) is 3. The molecule has 2 amide bonds. The minimum absolute atomic E-state index is 0.242. The first-order chi connectivity index (χ1) is 15.3. The molecule has 0 bridgehead atoms. The molecule has 32 heavy (non-hydrogen) atoms. The van der Waals surface area contributed by atoms with Gasteiger partial charge in [-0.3, -0.25) is 9.59 Å². The van der Waals surface area contributed by atoms with Gasteiger partial charge in [0, 0.05) is 33.7 Å². The highest BCUT2D eigenvalue weighted by Gasteiger charge is 2.17. The number of nitrogens with zero attached hydrogens (tertiary/aromatic N) is 1. The molecule has 7 nitrogen and oxygen atoms in total. The number of nitrogens with one attached hydrogen (secondary N) is 2. The van der Waals surface area contributed by atoms with Gasteiger partial charge in [-0.15, -0.1) is 23.1 Å². The van der Waals surface area contributed by atoms with Crippen LogP contribution in [-0.2, 0) is 14.4 Å². The van der Waals surface area contributed by atoms with Crippen molar-refractivity contribution in [2.75, 3.05) is 10.6 Å². The zero-order chi connectivity index (χ0) is 23.1. The minimum atomic E-state index is -1.21. The Hall–Kier alpha value is -3.50. The smallest absolute Gasteiger partial charge is 0.328 e. The lowest BCUT2D eigenvalue weighted by atomic mass is 10.2. The second-order valence-corrected chi connectivity index (χ2v) is 8.76. The third-order valence-corrected chi connectivity index (χ3v) is 5.89. The molecular formula is C22H18FN3O4S2. The Labute approximate surface area is 191 Å². The van der Waals surface area contributed by atoms with E-state index in [2.05, 4.69) is 15.6 Å². The van der Waals surface area contributed by atoms with Gasteiger partial charge >= 0.3 is 5.97 Å². The van der Waals surface area contributed by atoms with Gasteiger partial charge in [0.25, 0.3) is 0 Å². The fourth-order valence-corrected chi connectivity index (χ4v) is 4.18. The first kappa shape index (κ1) is 23.2. The molecule has 0 radical (unpaired) electrons. The molecule has 2 aromatic carbocycles. The number of carbonyl (C=O) groups is 3. The lowest BCUT2D eigenvalue weighted by Crippen LogP contribution is -2.22. The normalized spacial score (nSPS) is 11.8. The van der Waals surface area contributed by atoms with Gasteiger partial charge < -0.3 is 15.7 Å². The van der Waals surface area contributed by atoms with Gasteiger partial charge in [-0.05, 0) is 49.4 Å². The molecule has 3 N–H and O–H groups in total. The van der Waals surface area contributed by atoms with Crippen molar-refractivity contribution in [3.8, 4) is 11.3 Å². The number of benzene rings is 2. The summed E-state index contributed by atoms with van der Waals surface area (Å²) in [5.74, 6) is -2.35. The third kappa shape index (κ3) is 6.76. The number of aliphatic carboxylic acids is 1. The Morgan fingerprint density at radius 2 is 1.88 bits per heavy atom. The molecule has 1 aromatic heterocycles. The summed E-state index contributed by atoms with van der Waals surface area (Å²) >= 11 is 2.57. The number of anilines is 2. The predicted octanol–water partition coefficient (Wildman–Crippen LogP) is 4.65. The summed E-state index contributed by atoms with van der Waals surface area (Å²) in [4.78, 5) is 39.9. The number of halogens is 1. The van der Waals surface area contributed by atoms with Gasteiger partial charge in [0.1, 0.15) is 5.82 Å². The van der Waals surface area contributed by atoms with Crippen LogP contribution in [0.25, 0.3) is 11.3 Å². The molecule has 1 atom stereocenters. The first-order valence-electron chi connectivity index (χ1n) is 9.31. The average Bonchev–Trinajstić information content (AvgIpc) is 3.21. The SMILES string of the molecule is CC(Sc1cccc(NC(=O)/C=C/C(=O)O)c1)C(=O)Nc1nc(-c2ccc(F)cc2)cs1. The van der Waals surface area contributed by atoms with Crippen LogP contribution in [0.3, 0.4) is 0 Å². The van der Waals surface area contributed by atoms with E-state index in [1.54, 1.807) is 48.7 Å². The molecule has 1 heterocycles. The van der Waals surface area contributed by atoms with Crippen LogP contribution in [0.2, 0.25) is 0 Å². The van der Waals surface area contributed by atoms with Gasteiger partial charge in [-0.25, -0.2) is 14.2 Å². The highest BCUT2D eigenvalue weighted by Crippen LogP contribution is 2.28. The van der Waals surface area contributed by atoms with E-state index in [0.29, 0.717) is 16.5 Å². The second kappa shape index (κ2) is 10.7. The van der Waals surface area contributed by atoms with Crippen LogP contribution in [-0.4, -0.2) is 33.1 Å². The Kier molecular flexibility index (Phi) is 7.74. The monoisotopic (exact) mass is 471 g/mol. The second-order valence-electron chi connectivity index (χ2n) is 6.48. The summed E-state index contributed by atoms with van der Waals surface area (Å²) in [7, 11) is 0. The maximum absolute atomic E-state index is 13.1. The van der Waals surface area contributed by atoms with E-state index < -0.39 is 17.1 Å². The van der Waals surface area contributed by atoms with Crippen molar-refractivity contribution in [1.29, 1.82) is 0 Å². The Morgan fingerprint density at radius 1 is 1.12 bits per heavy atom. The van der Waals surface area contributed by atoms with Crippen molar-refractivity contribution >= 4 is 51.7 Å². The van der Waals surface area contributed by atoms with Gasteiger partial charge in [-0.1, -0.05) is 6.07 Å². The van der Waals surface area contributed by atoms with E-state index in [4.69, 9.17) is 5.11 Å². The summed E-state index contributed by atoms with van der Waals surface area (Å²) in [6.45, 7) is 1.75. The number of carbonyl (C=O) groups excluding carboxylic acids is 2. The van der Waals surface area contributed by atoms with Gasteiger partial charge in [-0.2, -0.15) is 0 Å². The average molecular weight is 472 g/mol. The lowest BCUT2D eigenvalue weighted by molar-refractivity contribution is -0.131. The number of aromatic nitrogens is 1. The fraction of sp³-hybridized carbons (Fsp3) is 0.0909. The van der Waals surface area contributed by atoms with E-state index in [1.165, 1.54) is 35.2 Å². The zero-order valence-corrected chi connectivity index (χ0v) is 18.4. The molecule has 3 aromatic rings. The first-order valence-corrected chi connectivity index (χ1v) is 11.1. The predicted molar refractivity (Wildman–Crippen MR) is 123 cm³/mol. The molecule has 0 saturated heterocycles. The van der Waals surface area contributed by atoms with Crippen molar-refractivity contribution < 1.29 is 23.9 Å². The number of hydrogen-bond acceptors (Lipinski definition) is 6. The molecule has 10 heteroatoms. The molecule has 0 aliphatic heterocycles. The fourth-order valence-electron chi connectivity index (χ4n) is 2.53. The number of carboxylic acid groups (broad SMARTS) is 1. The Balaban J connectivity index is 1.58. The number of rotatable bonds is 8. The highest BCUT2D eigenvalue weighted by atomic mass is 32.2. The van der Waals surface area contributed by atoms with Crippen LogP contribution < -0.4 is 10.6 Å². The van der Waals surface area contributed by atoms with E-state index >= 15 is 0 Å². The maximum Gasteiger partial charge on any atom is 0.328 e. The largest absolute Gasteiger partial charge is 0.478 e. The number of thioether (sulfide) groups is 1. The van der Waals surface area contributed by atoms with Crippen molar-refractivity contribution in [1.82, 2.24) is 4.98 Å². The topological polar surface area (TPSA) is 108 Å². The summed E-state index contributed by atoms with van der Waals surface area (Å²) in [6, 6.07) is 12.8.